The third kappa shape index (κ3) is 2.75. The van der Waals surface area contributed by atoms with Crippen molar-refractivity contribution in [1.29, 1.82) is 0 Å². The Hall–Kier alpha value is -2.20. The molecule has 1 aromatic carbocycles. The normalized spacial score (nSPS) is 18.8. The minimum Gasteiger partial charge on any atom is -0.316 e. The van der Waals surface area contributed by atoms with Gasteiger partial charge in [0.05, 0.1) is 0 Å². The van der Waals surface area contributed by atoms with Crippen LogP contribution in [0.2, 0.25) is 0 Å². The molecule has 1 atom stereocenters. The van der Waals surface area contributed by atoms with Gasteiger partial charge in [-0.2, -0.15) is 0 Å². The van der Waals surface area contributed by atoms with E-state index < -0.39 is 0 Å². The third-order valence-corrected chi connectivity index (χ3v) is 4.83. The van der Waals surface area contributed by atoms with E-state index in [1.165, 1.54) is 23.4 Å². The predicted octanol–water partition coefficient (Wildman–Crippen LogP) is 3.27. The van der Waals surface area contributed by atoms with E-state index in [0.717, 1.165) is 30.8 Å². The molecule has 4 heteroatoms. The van der Waals surface area contributed by atoms with Crippen molar-refractivity contribution in [2.24, 2.45) is 7.05 Å². The number of nitrogens with zero attached hydrogens (tertiary/aromatic N) is 4. The predicted molar refractivity (Wildman–Crippen MR) is 92.3 cm³/mol. The van der Waals surface area contributed by atoms with Gasteiger partial charge in [0.15, 0.2) is 5.65 Å². The lowest BCUT2D eigenvalue weighted by Gasteiger charge is -2.16. The Bertz CT molecular complexity index is 819. The highest BCUT2D eigenvalue weighted by Crippen LogP contribution is 2.29. The fraction of sp³-hybridized carbons (Fsp3) is 0.368. The molecule has 1 aliphatic heterocycles. The number of benzene rings is 1. The molecular weight excluding hydrogens is 284 g/mol. The Morgan fingerprint density at radius 2 is 2.00 bits per heavy atom. The summed E-state index contributed by atoms with van der Waals surface area (Å²) < 4.78 is 2.16. The van der Waals surface area contributed by atoms with Crippen LogP contribution in [0, 0.1) is 6.92 Å². The van der Waals surface area contributed by atoms with Gasteiger partial charge in [-0.05, 0) is 37.6 Å². The maximum atomic E-state index is 4.82. The average Bonchev–Trinajstić information content (AvgIpc) is 3.15. The van der Waals surface area contributed by atoms with Crippen LogP contribution >= 0.6 is 0 Å². The molecule has 1 aliphatic rings. The molecule has 0 aliphatic carbocycles. The lowest BCUT2D eigenvalue weighted by molar-refractivity contribution is 0.325. The van der Waals surface area contributed by atoms with E-state index in [4.69, 9.17) is 4.98 Å². The molecule has 0 amide bonds. The van der Waals surface area contributed by atoms with Gasteiger partial charge in [-0.15, -0.1) is 0 Å². The van der Waals surface area contributed by atoms with Gasteiger partial charge < -0.3 is 4.57 Å². The van der Waals surface area contributed by atoms with E-state index in [0.29, 0.717) is 5.92 Å². The molecule has 1 fully saturated rings. The average molecular weight is 306 g/mol. The van der Waals surface area contributed by atoms with Gasteiger partial charge in [-0.25, -0.2) is 9.97 Å². The molecule has 2 aromatic heterocycles. The van der Waals surface area contributed by atoms with Crippen LogP contribution in [-0.2, 0) is 13.6 Å². The summed E-state index contributed by atoms with van der Waals surface area (Å²) >= 11 is 0. The maximum absolute atomic E-state index is 4.82. The van der Waals surface area contributed by atoms with E-state index in [1.54, 1.807) is 0 Å². The zero-order chi connectivity index (χ0) is 15.8. The van der Waals surface area contributed by atoms with Crippen LogP contribution in [0.15, 0.2) is 42.6 Å². The fourth-order valence-electron chi connectivity index (χ4n) is 3.54. The summed E-state index contributed by atoms with van der Waals surface area (Å²) in [5, 5.41) is 0. The summed E-state index contributed by atoms with van der Waals surface area (Å²) in [7, 11) is 2.08. The van der Waals surface area contributed by atoms with Crippen molar-refractivity contribution >= 4 is 11.2 Å². The van der Waals surface area contributed by atoms with Crippen molar-refractivity contribution in [2.45, 2.75) is 25.8 Å². The van der Waals surface area contributed by atoms with Gasteiger partial charge in [0.2, 0.25) is 0 Å². The number of hydrogen-bond donors (Lipinski definition) is 0. The maximum Gasteiger partial charge on any atom is 0.159 e. The lowest BCUT2D eigenvalue weighted by Crippen LogP contribution is -2.20. The molecule has 1 saturated heterocycles. The number of aryl methyl sites for hydroxylation is 2. The first-order chi connectivity index (χ1) is 11.2. The van der Waals surface area contributed by atoms with Crippen LogP contribution in [-0.4, -0.2) is 32.5 Å². The Balaban J connectivity index is 1.51. The molecule has 0 spiro atoms. The second-order valence-corrected chi connectivity index (χ2v) is 6.58. The Morgan fingerprint density at radius 1 is 1.17 bits per heavy atom. The zero-order valence-corrected chi connectivity index (χ0v) is 13.7. The Morgan fingerprint density at radius 3 is 2.78 bits per heavy atom. The van der Waals surface area contributed by atoms with E-state index >= 15 is 0 Å². The van der Waals surface area contributed by atoms with Crippen molar-refractivity contribution in [1.82, 2.24) is 19.4 Å². The Labute approximate surface area is 136 Å². The third-order valence-electron chi connectivity index (χ3n) is 4.83. The topological polar surface area (TPSA) is 34.0 Å². The van der Waals surface area contributed by atoms with Crippen LogP contribution in [0.3, 0.4) is 0 Å². The van der Waals surface area contributed by atoms with Crippen molar-refractivity contribution in [2.75, 3.05) is 13.1 Å². The van der Waals surface area contributed by atoms with E-state index in [2.05, 4.69) is 52.7 Å². The summed E-state index contributed by atoms with van der Waals surface area (Å²) in [5.41, 5.74) is 4.70. The smallest absolute Gasteiger partial charge is 0.159 e. The van der Waals surface area contributed by atoms with Crippen molar-refractivity contribution < 1.29 is 0 Å². The minimum atomic E-state index is 0.500. The van der Waals surface area contributed by atoms with E-state index in [1.807, 2.05) is 18.3 Å². The van der Waals surface area contributed by atoms with Gasteiger partial charge >= 0.3 is 0 Å². The van der Waals surface area contributed by atoms with Crippen LogP contribution in [0.1, 0.15) is 29.3 Å². The molecule has 4 nitrogen and oxygen atoms in total. The van der Waals surface area contributed by atoms with Gasteiger partial charge in [0.1, 0.15) is 11.3 Å². The highest BCUT2D eigenvalue weighted by molar-refractivity contribution is 5.71. The second-order valence-electron chi connectivity index (χ2n) is 6.58. The number of likely N-dealkylation sites (tertiary alicyclic amines) is 1. The molecular formula is C19H22N4. The lowest BCUT2D eigenvalue weighted by atomic mass is 10.1. The van der Waals surface area contributed by atoms with Gasteiger partial charge in [-0.1, -0.05) is 29.8 Å². The number of fused-ring (bicyclic) bond motifs is 1. The molecule has 4 rings (SSSR count). The number of rotatable bonds is 3. The molecule has 118 valence electrons. The van der Waals surface area contributed by atoms with Crippen molar-refractivity contribution in [3.05, 3.63) is 59.5 Å². The van der Waals surface area contributed by atoms with Crippen LogP contribution in [0.5, 0.6) is 0 Å². The molecule has 0 saturated carbocycles. The van der Waals surface area contributed by atoms with Gasteiger partial charge in [-0.3, -0.25) is 4.90 Å². The van der Waals surface area contributed by atoms with Crippen LogP contribution in [0.25, 0.3) is 11.2 Å². The largest absolute Gasteiger partial charge is 0.316 e. The van der Waals surface area contributed by atoms with Gasteiger partial charge in [0.25, 0.3) is 0 Å². The highest BCUT2D eigenvalue weighted by Gasteiger charge is 2.27. The first kappa shape index (κ1) is 14.4. The number of aromatic nitrogens is 3. The SMILES string of the molecule is Cc1ccc(CN2CC[C@H](c3nc4cccnc4n3C)C2)cc1. The first-order valence-electron chi connectivity index (χ1n) is 8.26. The van der Waals surface area contributed by atoms with E-state index in [-0.39, 0.29) is 0 Å². The molecule has 0 unspecified atom stereocenters. The monoisotopic (exact) mass is 306 g/mol. The summed E-state index contributed by atoms with van der Waals surface area (Å²) in [6.45, 7) is 5.37. The quantitative estimate of drug-likeness (QED) is 0.745. The molecule has 3 aromatic rings. The van der Waals surface area contributed by atoms with E-state index in [9.17, 15) is 0 Å². The molecule has 0 radical (unpaired) electrons. The minimum absolute atomic E-state index is 0.500. The molecule has 3 heterocycles. The van der Waals surface area contributed by atoms with Crippen molar-refractivity contribution in [3.8, 4) is 0 Å². The zero-order valence-electron chi connectivity index (χ0n) is 13.7. The second kappa shape index (κ2) is 5.78. The number of hydrogen-bond acceptors (Lipinski definition) is 3. The number of pyridine rings is 1. The Kier molecular flexibility index (Phi) is 3.62. The molecule has 0 bridgehead atoms. The highest BCUT2D eigenvalue weighted by atomic mass is 15.2. The van der Waals surface area contributed by atoms with Crippen LogP contribution < -0.4 is 0 Å². The summed E-state index contributed by atoms with van der Waals surface area (Å²) in [6, 6.07) is 12.9. The number of imidazole rings is 1. The standard InChI is InChI=1S/C19H22N4/c1-14-5-7-15(8-6-14)12-23-11-9-16(13-23)18-21-17-4-3-10-20-19(17)22(18)2/h3-8,10,16H,9,11-13H2,1-2H3/t16-/m0/s1. The fourth-order valence-corrected chi connectivity index (χ4v) is 3.54. The molecule has 23 heavy (non-hydrogen) atoms. The van der Waals surface area contributed by atoms with Gasteiger partial charge in [0, 0.05) is 32.3 Å². The van der Waals surface area contributed by atoms with Crippen LogP contribution in [0.4, 0.5) is 0 Å². The summed E-state index contributed by atoms with van der Waals surface area (Å²) in [6.07, 6.45) is 3.01. The summed E-state index contributed by atoms with van der Waals surface area (Å²) in [5.74, 6) is 1.67. The van der Waals surface area contributed by atoms with Crippen molar-refractivity contribution in [3.63, 3.8) is 0 Å². The summed E-state index contributed by atoms with van der Waals surface area (Å²) in [4.78, 5) is 11.8. The molecule has 0 N–H and O–H groups in total. The first-order valence-corrected chi connectivity index (χ1v) is 8.26.